The van der Waals surface area contributed by atoms with Gasteiger partial charge in [-0.05, 0) is 30.7 Å². The van der Waals surface area contributed by atoms with E-state index in [0.29, 0.717) is 12.5 Å². The third-order valence-corrected chi connectivity index (χ3v) is 5.08. The molecule has 0 saturated carbocycles. The van der Waals surface area contributed by atoms with Crippen LogP contribution in [0.5, 0.6) is 5.75 Å². The lowest BCUT2D eigenvalue weighted by molar-refractivity contribution is 0.252. The SMILES string of the molecule is CC(C)c1nc(CCNC(=O)Nc2ccc3c(c2)C[C@@H](C)O3)cs1. The van der Waals surface area contributed by atoms with E-state index in [4.69, 9.17) is 4.74 Å². The first kappa shape index (κ1) is 16.8. The van der Waals surface area contributed by atoms with Crippen LogP contribution in [0.25, 0.3) is 0 Å². The Hall–Kier alpha value is -2.08. The minimum Gasteiger partial charge on any atom is -0.490 e. The van der Waals surface area contributed by atoms with Crippen molar-refractivity contribution < 1.29 is 9.53 Å². The molecule has 24 heavy (non-hydrogen) atoms. The lowest BCUT2D eigenvalue weighted by Gasteiger charge is -2.08. The fourth-order valence-corrected chi connectivity index (χ4v) is 3.55. The molecule has 2 N–H and O–H groups in total. The largest absolute Gasteiger partial charge is 0.490 e. The second-order valence-electron chi connectivity index (χ2n) is 6.42. The molecule has 5 nitrogen and oxygen atoms in total. The van der Waals surface area contributed by atoms with Gasteiger partial charge in [-0.3, -0.25) is 0 Å². The maximum Gasteiger partial charge on any atom is 0.319 e. The number of anilines is 1. The molecule has 6 heteroatoms. The van der Waals surface area contributed by atoms with E-state index in [1.54, 1.807) is 11.3 Å². The summed E-state index contributed by atoms with van der Waals surface area (Å²) in [4.78, 5) is 16.6. The van der Waals surface area contributed by atoms with Gasteiger partial charge in [-0.2, -0.15) is 0 Å². The molecule has 0 aliphatic carbocycles. The van der Waals surface area contributed by atoms with Crippen LogP contribution >= 0.6 is 11.3 Å². The standard InChI is InChI=1S/C18H23N3O2S/c1-11(2)17-20-15(10-24-17)6-7-19-18(22)21-14-4-5-16-13(9-14)8-12(3)23-16/h4-5,9-12H,6-8H2,1-3H3,(H2,19,21,22)/t12-/m1/s1. The Morgan fingerprint density at radius 2 is 2.29 bits per heavy atom. The summed E-state index contributed by atoms with van der Waals surface area (Å²) in [6.07, 6.45) is 1.83. The summed E-state index contributed by atoms with van der Waals surface area (Å²) in [5, 5.41) is 8.96. The average Bonchev–Trinajstić information content (AvgIpc) is 3.12. The van der Waals surface area contributed by atoms with Gasteiger partial charge in [0.05, 0.1) is 10.7 Å². The number of carbonyl (C=O) groups is 1. The molecule has 0 spiro atoms. The van der Waals surface area contributed by atoms with Gasteiger partial charge in [0.2, 0.25) is 0 Å². The number of nitrogens with zero attached hydrogens (tertiary/aromatic N) is 1. The summed E-state index contributed by atoms with van der Waals surface area (Å²) in [5.41, 5.74) is 2.97. The smallest absolute Gasteiger partial charge is 0.319 e. The van der Waals surface area contributed by atoms with E-state index < -0.39 is 0 Å². The normalized spacial score (nSPS) is 15.9. The van der Waals surface area contributed by atoms with Crippen LogP contribution in [0.1, 0.15) is 43.0 Å². The molecule has 2 aromatic rings. The van der Waals surface area contributed by atoms with Gasteiger partial charge in [0.25, 0.3) is 0 Å². The fraction of sp³-hybridized carbons (Fsp3) is 0.444. The molecule has 1 atom stereocenters. The summed E-state index contributed by atoms with van der Waals surface area (Å²) in [6, 6.07) is 5.57. The van der Waals surface area contributed by atoms with Gasteiger partial charge < -0.3 is 15.4 Å². The number of amides is 2. The van der Waals surface area contributed by atoms with Crippen molar-refractivity contribution >= 4 is 23.1 Å². The number of ether oxygens (including phenoxy) is 1. The van der Waals surface area contributed by atoms with Crippen LogP contribution in [0.15, 0.2) is 23.6 Å². The third kappa shape index (κ3) is 4.06. The molecule has 1 aromatic carbocycles. The van der Waals surface area contributed by atoms with Crippen molar-refractivity contribution in [1.29, 1.82) is 0 Å². The first-order valence-electron chi connectivity index (χ1n) is 8.30. The Morgan fingerprint density at radius 3 is 3.04 bits per heavy atom. The second-order valence-corrected chi connectivity index (χ2v) is 7.31. The van der Waals surface area contributed by atoms with Crippen LogP contribution in [-0.4, -0.2) is 23.7 Å². The highest BCUT2D eigenvalue weighted by Gasteiger charge is 2.19. The average molecular weight is 345 g/mol. The minimum atomic E-state index is -0.193. The topological polar surface area (TPSA) is 63.2 Å². The van der Waals surface area contributed by atoms with Crippen molar-refractivity contribution in [3.05, 3.63) is 39.8 Å². The maximum atomic E-state index is 12.0. The summed E-state index contributed by atoms with van der Waals surface area (Å²) < 4.78 is 5.67. The van der Waals surface area contributed by atoms with Crippen molar-refractivity contribution in [3.63, 3.8) is 0 Å². The summed E-state index contributed by atoms with van der Waals surface area (Å²) >= 11 is 1.68. The van der Waals surface area contributed by atoms with Crippen LogP contribution in [-0.2, 0) is 12.8 Å². The van der Waals surface area contributed by atoms with Crippen LogP contribution in [0.4, 0.5) is 10.5 Å². The molecule has 2 amide bonds. The van der Waals surface area contributed by atoms with Crippen molar-refractivity contribution in [1.82, 2.24) is 10.3 Å². The van der Waals surface area contributed by atoms with E-state index in [9.17, 15) is 4.79 Å². The zero-order valence-electron chi connectivity index (χ0n) is 14.3. The third-order valence-electron chi connectivity index (χ3n) is 3.88. The molecule has 1 aliphatic heterocycles. The summed E-state index contributed by atoms with van der Waals surface area (Å²) in [7, 11) is 0. The molecule has 0 bridgehead atoms. The number of rotatable bonds is 5. The van der Waals surface area contributed by atoms with E-state index in [1.165, 1.54) is 0 Å². The van der Waals surface area contributed by atoms with Gasteiger partial charge in [-0.25, -0.2) is 9.78 Å². The number of thiazole rings is 1. The molecule has 0 saturated heterocycles. The molecule has 128 valence electrons. The lowest BCUT2D eigenvalue weighted by Crippen LogP contribution is -2.30. The second kappa shape index (κ2) is 7.21. The molecule has 0 radical (unpaired) electrons. The van der Waals surface area contributed by atoms with E-state index in [-0.39, 0.29) is 12.1 Å². The van der Waals surface area contributed by atoms with E-state index in [1.807, 2.05) is 25.1 Å². The van der Waals surface area contributed by atoms with E-state index in [0.717, 1.165) is 40.5 Å². The monoisotopic (exact) mass is 345 g/mol. The number of urea groups is 1. The van der Waals surface area contributed by atoms with E-state index in [2.05, 4.69) is 34.8 Å². The number of hydrogen-bond donors (Lipinski definition) is 2. The zero-order chi connectivity index (χ0) is 17.1. The Labute approximate surface area is 146 Å². The van der Waals surface area contributed by atoms with Crippen LogP contribution < -0.4 is 15.4 Å². The molecule has 0 fully saturated rings. The predicted molar refractivity (Wildman–Crippen MR) is 97.2 cm³/mol. The van der Waals surface area contributed by atoms with Crippen molar-refractivity contribution in [3.8, 4) is 5.75 Å². The molecule has 3 rings (SSSR count). The summed E-state index contributed by atoms with van der Waals surface area (Å²) in [5.74, 6) is 1.37. The Kier molecular flexibility index (Phi) is 5.04. The molecule has 1 aliphatic rings. The molecule has 0 unspecified atom stereocenters. The Morgan fingerprint density at radius 1 is 1.46 bits per heavy atom. The van der Waals surface area contributed by atoms with Gasteiger partial charge in [0.15, 0.2) is 0 Å². The van der Waals surface area contributed by atoms with Gasteiger partial charge in [-0.1, -0.05) is 13.8 Å². The first-order valence-corrected chi connectivity index (χ1v) is 9.18. The zero-order valence-corrected chi connectivity index (χ0v) is 15.1. The highest BCUT2D eigenvalue weighted by atomic mass is 32.1. The minimum absolute atomic E-state index is 0.193. The molecule has 2 heterocycles. The number of fused-ring (bicyclic) bond motifs is 1. The number of carbonyl (C=O) groups excluding carboxylic acids is 1. The maximum absolute atomic E-state index is 12.0. The highest BCUT2D eigenvalue weighted by Crippen LogP contribution is 2.30. The fourth-order valence-electron chi connectivity index (χ4n) is 2.68. The van der Waals surface area contributed by atoms with Crippen molar-refractivity contribution in [2.24, 2.45) is 0 Å². The van der Waals surface area contributed by atoms with Gasteiger partial charge >= 0.3 is 6.03 Å². The first-order chi connectivity index (χ1) is 11.5. The lowest BCUT2D eigenvalue weighted by atomic mass is 10.1. The highest BCUT2D eigenvalue weighted by molar-refractivity contribution is 7.09. The number of nitrogens with one attached hydrogen (secondary N) is 2. The molecular weight excluding hydrogens is 322 g/mol. The Bertz CT molecular complexity index is 727. The molecular formula is C18H23N3O2S. The van der Waals surface area contributed by atoms with Gasteiger partial charge in [-0.15, -0.1) is 11.3 Å². The quantitative estimate of drug-likeness (QED) is 0.862. The number of hydrogen-bond acceptors (Lipinski definition) is 4. The van der Waals surface area contributed by atoms with Crippen LogP contribution in [0.2, 0.25) is 0 Å². The van der Waals surface area contributed by atoms with Crippen LogP contribution in [0, 0.1) is 0 Å². The predicted octanol–water partition coefficient (Wildman–Crippen LogP) is 3.95. The summed E-state index contributed by atoms with van der Waals surface area (Å²) in [6.45, 7) is 6.88. The van der Waals surface area contributed by atoms with E-state index >= 15 is 0 Å². The number of aromatic nitrogens is 1. The Balaban J connectivity index is 1.47. The van der Waals surface area contributed by atoms with Crippen molar-refractivity contribution in [2.45, 2.75) is 45.6 Å². The molecule has 1 aromatic heterocycles. The van der Waals surface area contributed by atoms with Crippen molar-refractivity contribution in [2.75, 3.05) is 11.9 Å². The number of benzene rings is 1. The van der Waals surface area contributed by atoms with Gasteiger partial charge in [0.1, 0.15) is 11.9 Å². The van der Waals surface area contributed by atoms with Gasteiger partial charge in [0, 0.05) is 36.4 Å². The van der Waals surface area contributed by atoms with Crippen LogP contribution in [0.3, 0.4) is 0 Å².